The van der Waals surface area contributed by atoms with Crippen molar-refractivity contribution in [2.75, 3.05) is 6.61 Å². The van der Waals surface area contributed by atoms with Crippen LogP contribution >= 0.6 is 11.3 Å². The first-order valence-electron chi connectivity index (χ1n) is 5.94. The van der Waals surface area contributed by atoms with E-state index in [-0.39, 0.29) is 12.1 Å². The maximum Gasteiger partial charge on any atom is 0.0610 e. The van der Waals surface area contributed by atoms with Crippen molar-refractivity contribution in [1.82, 2.24) is 5.32 Å². The van der Waals surface area contributed by atoms with E-state index < -0.39 is 0 Å². The Hall–Kier alpha value is -0.380. The van der Waals surface area contributed by atoms with Crippen molar-refractivity contribution in [3.05, 3.63) is 22.4 Å². The van der Waals surface area contributed by atoms with Crippen LogP contribution < -0.4 is 5.32 Å². The molecule has 0 spiro atoms. The van der Waals surface area contributed by atoms with Gasteiger partial charge in [0.25, 0.3) is 0 Å². The van der Waals surface area contributed by atoms with Crippen LogP contribution in [0.5, 0.6) is 0 Å². The predicted molar refractivity (Wildman–Crippen MR) is 70.7 cm³/mol. The minimum Gasteiger partial charge on any atom is -0.394 e. The largest absolute Gasteiger partial charge is 0.394 e. The van der Waals surface area contributed by atoms with Gasteiger partial charge in [0.1, 0.15) is 0 Å². The van der Waals surface area contributed by atoms with Crippen LogP contribution in [0.1, 0.15) is 38.5 Å². The van der Waals surface area contributed by atoms with E-state index in [9.17, 15) is 5.11 Å². The van der Waals surface area contributed by atoms with Gasteiger partial charge in [-0.3, -0.25) is 0 Å². The first-order chi connectivity index (χ1) is 7.56. The van der Waals surface area contributed by atoms with Crippen molar-refractivity contribution in [2.45, 2.75) is 45.7 Å². The fraction of sp³-hybridized carbons (Fsp3) is 0.692. The van der Waals surface area contributed by atoms with E-state index in [1.165, 1.54) is 4.88 Å². The maximum absolute atomic E-state index is 9.47. The quantitative estimate of drug-likeness (QED) is 0.769. The monoisotopic (exact) mass is 241 g/mol. The SMILES string of the molecule is CC(C)CCC(C)(CO)NCc1cccs1. The Labute approximate surface area is 103 Å². The highest BCUT2D eigenvalue weighted by atomic mass is 32.1. The van der Waals surface area contributed by atoms with E-state index in [1.54, 1.807) is 11.3 Å². The second-order valence-corrected chi connectivity index (χ2v) is 6.12. The fourth-order valence-corrected chi connectivity index (χ4v) is 2.19. The highest BCUT2D eigenvalue weighted by Gasteiger charge is 2.22. The molecule has 0 saturated carbocycles. The Morgan fingerprint density at radius 1 is 1.50 bits per heavy atom. The lowest BCUT2D eigenvalue weighted by molar-refractivity contribution is 0.158. The van der Waals surface area contributed by atoms with E-state index >= 15 is 0 Å². The van der Waals surface area contributed by atoms with Crippen LogP contribution in [-0.4, -0.2) is 17.3 Å². The van der Waals surface area contributed by atoms with Crippen LogP contribution in [0.25, 0.3) is 0 Å². The normalized spacial score (nSPS) is 15.3. The van der Waals surface area contributed by atoms with Gasteiger partial charge in [0.2, 0.25) is 0 Å². The van der Waals surface area contributed by atoms with Crippen molar-refractivity contribution in [1.29, 1.82) is 0 Å². The maximum atomic E-state index is 9.47. The molecule has 0 bridgehead atoms. The van der Waals surface area contributed by atoms with E-state index in [4.69, 9.17) is 0 Å². The summed E-state index contributed by atoms with van der Waals surface area (Å²) in [5, 5.41) is 15.0. The molecule has 0 saturated heterocycles. The van der Waals surface area contributed by atoms with Crippen molar-refractivity contribution >= 4 is 11.3 Å². The molecule has 0 radical (unpaired) electrons. The molecule has 1 heterocycles. The van der Waals surface area contributed by atoms with Gasteiger partial charge in [-0.1, -0.05) is 19.9 Å². The van der Waals surface area contributed by atoms with Crippen LogP contribution in [0.15, 0.2) is 17.5 Å². The molecule has 0 fully saturated rings. The van der Waals surface area contributed by atoms with Gasteiger partial charge in [-0.15, -0.1) is 11.3 Å². The molecule has 1 unspecified atom stereocenters. The van der Waals surface area contributed by atoms with Gasteiger partial charge < -0.3 is 10.4 Å². The first-order valence-corrected chi connectivity index (χ1v) is 6.82. The summed E-state index contributed by atoms with van der Waals surface area (Å²) in [6.45, 7) is 7.59. The van der Waals surface area contributed by atoms with Crippen LogP contribution in [0, 0.1) is 5.92 Å². The van der Waals surface area contributed by atoms with Crippen molar-refractivity contribution in [3.8, 4) is 0 Å². The minimum absolute atomic E-state index is 0.145. The van der Waals surface area contributed by atoms with Gasteiger partial charge >= 0.3 is 0 Å². The third-order valence-corrected chi connectivity index (χ3v) is 3.77. The molecule has 0 amide bonds. The third-order valence-electron chi connectivity index (χ3n) is 2.89. The molecule has 0 aliphatic carbocycles. The lowest BCUT2D eigenvalue weighted by Gasteiger charge is -2.29. The average molecular weight is 241 g/mol. The molecule has 3 heteroatoms. The summed E-state index contributed by atoms with van der Waals surface area (Å²) in [6.07, 6.45) is 2.17. The lowest BCUT2D eigenvalue weighted by Crippen LogP contribution is -2.45. The van der Waals surface area contributed by atoms with E-state index in [1.807, 2.05) is 0 Å². The molecule has 0 aliphatic rings. The van der Waals surface area contributed by atoms with Crippen molar-refractivity contribution in [3.63, 3.8) is 0 Å². The number of nitrogens with one attached hydrogen (secondary N) is 1. The summed E-state index contributed by atoms with van der Waals surface area (Å²) < 4.78 is 0. The number of aliphatic hydroxyl groups excluding tert-OH is 1. The van der Waals surface area contributed by atoms with Crippen LogP contribution in [0.4, 0.5) is 0 Å². The zero-order valence-corrected chi connectivity index (χ0v) is 11.3. The van der Waals surface area contributed by atoms with Crippen molar-refractivity contribution < 1.29 is 5.11 Å². The Kier molecular flexibility index (Phi) is 5.46. The zero-order chi connectivity index (χ0) is 12.0. The second kappa shape index (κ2) is 6.38. The second-order valence-electron chi connectivity index (χ2n) is 5.08. The molecular weight excluding hydrogens is 218 g/mol. The highest BCUT2D eigenvalue weighted by molar-refractivity contribution is 7.09. The summed E-state index contributed by atoms with van der Waals surface area (Å²) in [6, 6.07) is 4.18. The Balaban J connectivity index is 2.40. The molecule has 2 N–H and O–H groups in total. The lowest BCUT2D eigenvalue weighted by atomic mass is 9.92. The van der Waals surface area contributed by atoms with Gasteiger partial charge in [-0.25, -0.2) is 0 Å². The number of rotatable bonds is 7. The summed E-state index contributed by atoms with van der Waals surface area (Å²) in [4.78, 5) is 1.32. The molecule has 1 rings (SSSR count). The number of aliphatic hydroxyl groups is 1. The van der Waals surface area contributed by atoms with Crippen LogP contribution in [-0.2, 0) is 6.54 Å². The topological polar surface area (TPSA) is 32.3 Å². The smallest absolute Gasteiger partial charge is 0.0610 e. The summed E-state index contributed by atoms with van der Waals surface area (Å²) >= 11 is 1.75. The Bertz CT molecular complexity index is 284. The molecule has 2 nitrogen and oxygen atoms in total. The minimum atomic E-state index is -0.145. The molecule has 0 aromatic carbocycles. The van der Waals surface area contributed by atoms with E-state index in [0.717, 1.165) is 19.4 Å². The first kappa shape index (κ1) is 13.7. The molecule has 1 atom stereocenters. The predicted octanol–water partition coefficient (Wildman–Crippen LogP) is 3.02. The van der Waals surface area contributed by atoms with E-state index in [2.05, 4.69) is 43.6 Å². The molecule has 1 aromatic heterocycles. The van der Waals surface area contributed by atoms with Crippen LogP contribution in [0.2, 0.25) is 0 Å². The van der Waals surface area contributed by atoms with Gasteiger partial charge in [0.05, 0.1) is 6.61 Å². The Morgan fingerprint density at radius 2 is 2.25 bits per heavy atom. The van der Waals surface area contributed by atoms with Gasteiger partial charge in [0, 0.05) is 17.0 Å². The molecule has 92 valence electrons. The third kappa shape index (κ3) is 4.64. The Morgan fingerprint density at radius 3 is 2.75 bits per heavy atom. The number of hydrogen-bond donors (Lipinski definition) is 2. The molecule has 1 aromatic rings. The summed E-state index contributed by atoms with van der Waals surface area (Å²) in [7, 11) is 0. The highest BCUT2D eigenvalue weighted by Crippen LogP contribution is 2.18. The van der Waals surface area contributed by atoms with Gasteiger partial charge in [-0.05, 0) is 37.1 Å². The van der Waals surface area contributed by atoms with Crippen molar-refractivity contribution in [2.24, 2.45) is 5.92 Å². The van der Waals surface area contributed by atoms with Gasteiger partial charge in [-0.2, -0.15) is 0 Å². The van der Waals surface area contributed by atoms with Gasteiger partial charge in [0.15, 0.2) is 0 Å². The molecule has 16 heavy (non-hydrogen) atoms. The fourth-order valence-electron chi connectivity index (χ4n) is 1.54. The average Bonchev–Trinajstić information content (AvgIpc) is 2.76. The summed E-state index contributed by atoms with van der Waals surface area (Å²) in [5.41, 5.74) is -0.145. The van der Waals surface area contributed by atoms with Crippen LogP contribution in [0.3, 0.4) is 0 Å². The zero-order valence-electron chi connectivity index (χ0n) is 10.5. The standard InChI is InChI=1S/C13H23NOS/c1-11(2)6-7-13(3,10-15)14-9-12-5-4-8-16-12/h4-5,8,11,14-15H,6-7,9-10H2,1-3H3. The summed E-state index contributed by atoms with van der Waals surface area (Å²) in [5.74, 6) is 0.689. The molecular formula is C13H23NOS. The van der Waals surface area contributed by atoms with E-state index in [0.29, 0.717) is 5.92 Å². The number of hydrogen-bond acceptors (Lipinski definition) is 3. The number of thiophene rings is 1. The molecule has 0 aliphatic heterocycles.